The number of nitrogens with zero attached hydrogens (tertiary/aromatic N) is 5. The second-order valence-corrected chi connectivity index (χ2v) is 10.2. The highest BCUT2D eigenvalue weighted by molar-refractivity contribution is 5.86. The second kappa shape index (κ2) is 9.16. The number of hydrogen-bond donors (Lipinski definition) is 1. The van der Waals surface area contributed by atoms with Crippen LogP contribution in [-0.2, 0) is 17.6 Å². The van der Waals surface area contributed by atoms with Crippen molar-refractivity contribution in [2.45, 2.75) is 77.4 Å². The van der Waals surface area contributed by atoms with Crippen molar-refractivity contribution in [2.75, 3.05) is 6.54 Å². The number of benzene rings is 1. The predicted octanol–water partition coefficient (Wildman–Crippen LogP) is 5.27. The van der Waals surface area contributed by atoms with Crippen molar-refractivity contribution >= 4 is 6.09 Å². The minimum atomic E-state index is -0.558. The quantitative estimate of drug-likeness (QED) is 0.535. The zero-order valence-electron chi connectivity index (χ0n) is 20.2. The molecule has 1 aliphatic carbocycles. The van der Waals surface area contributed by atoms with E-state index in [9.17, 15) is 4.79 Å². The molecule has 0 spiro atoms. The van der Waals surface area contributed by atoms with Gasteiger partial charge in [-0.2, -0.15) is 5.21 Å². The maximum Gasteiger partial charge on any atom is 0.410 e. The third-order valence-corrected chi connectivity index (χ3v) is 6.58. The molecule has 1 saturated heterocycles. The van der Waals surface area contributed by atoms with Crippen LogP contribution in [-0.4, -0.2) is 48.7 Å². The topological polar surface area (TPSA) is 96.9 Å². The number of nitrogens with one attached hydrogen (secondary N) is 1. The van der Waals surface area contributed by atoms with E-state index in [2.05, 4.69) is 44.9 Å². The van der Waals surface area contributed by atoms with Crippen LogP contribution in [0.15, 0.2) is 30.3 Å². The molecule has 3 aromatic rings. The number of likely N-dealkylation sites (tertiary alicyclic amines) is 1. The minimum absolute atomic E-state index is 0.195. The molecular weight excluding hydrogens is 428 g/mol. The molecule has 1 atom stereocenters. The molecule has 5 rings (SSSR count). The van der Waals surface area contributed by atoms with E-state index >= 15 is 0 Å². The summed E-state index contributed by atoms with van der Waals surface area (Å²) in [6, 6.07) is 10.2. The molecule has 1 fully saturated rings. The molecule has 1 aliphatic heterocycles. The first-order valence-electron chi connectivity index (χ1n) is 12.3. The Balaban J connectivity index is 1.73. The summed E-state index contributed by atoms with van der Waals surface area (Å²) in [5.41, 5.74) is 5.82. The van der Waals surface area contributed by atoms with Crippen LogP contribution in [0.25, 0.3) is 22.5 Å². The number of H-pyrrole nitrogens is 1. The molecule has 8 heteroatoms. The second-order valence-electron chi connectivity index (χ2n) is 10.2. The van der Waals surface area contributed by atoms with Crippen molar-refractivity contribution in [3.05, 3.63) is 47.3 Å². The van der Waals surface area contributed by atoms with E-state index in [0.717, 1.165) is 66.6 Å². The highest BCUT2D eigenvalue weighted by Crippen LogP contribution is 2.44. The van der Waals surface area contributed by atoms with Gasteiger partial charge in [0.15, 0.2) is 0 Å². The Kier molecular flexibility index (Phi) is 6.06. The van der Waals surface area contributed by atoms with Crippen LogP contribution < -0.4 is 0 Å². The number of carbonyl (C=O) groups is 1. The maximum atomic E-state index is 13.2. The zero-order valence-corrected chi connectivity index (χ0v) is 20.2. The van der Waals surface area contributed by atoms with Gasteiger partial charge in [-0.1, -0.05) is 36.8 Å². The van der Waals surface area contributed by atoms with E-state index in [1.807, 2.05) is 31.7 Å². The molecule has 2 aliphatic rings. The van der Waals surface area contributed by atoms with Gasteiger partial charge in [0.1, 0.15) is 5.60 Å². The molecule has 8 nitrogen and oxygen atoms in total. The van der Waals surface area contributed by atoms with Crippen LogP contribution in [0.2, 0.25) is 0 Å². The fraction of sp³-hybridized carbons (Fsp3) is 0.500. The standard InChI is InChI=1S/C26H32N6O2/c1-26(2,3)34-25(33)32-16-10-15-20(32)23-22(24-28-30-31-29-24)21(17-11-6-4-7-12-17)18-13-8-5-9-14-19(18)27-23/h4,6-7,11-12,20H,5,8-10,13-16H2,1-3H3,(H,28,29,30,31)/t20-/m0/s1. The molecule has 178 valence electrons. The number of tetrazole rings is 1. The van der Waals surface area contributed by atoms with Gasteiger partial charge >= 0.3 is 6.09 Å². The van der Waals surface area contributed by atoms with Crippen LogP contribution >= 0.6 is 0 Å². The van der Waals surface area contributed by atoms with Crippen LogP contribution in [0.1, 0.15) is 75.9 Å². The van der Waals surface area contributed by atoms with E-state index < -0.39 is 5.60 Å². The fourth-order valence-corrected chi connectivity index (χ4v) is 5.19. The Labute approximate surface area is 200 Å². The smallest absolute Gasteiger partial charge is 0.410 e. The lowest BCUT2D eigenvalue weighted by molar-refractivity contribution is 0.0221. The average Bonchev–Trinajstić information content (AvgIpc) is 3.46. The molecule has 0 unspecified atom stereocenters. The molecule has 3 heterocycles. The lowest BCUT2D eigenvalue weighted by atomic mass is 9.88. The average molecular weight is 461 g/mol. The van der Waals surface area contributed by atoms with Gasteiger partial charge in [0.05, 0.1) is 17.3 Å². The normalized spacial score (nSPS) is 18.4. The van der Waals surface area contributed by atoms with E-state index in [-0.39, 0.29) is 12.1 Å². The summed E-state index contributed by atoms with van der Waals surface area (Å²) in [6.45, 7) is 6.34. The van der Waals surface area contributed by atoms with E-state index in [1.165, 1.54) is 12.0 Å². The minimum Gasteiger partial charge on any atom is -0.444 e. The number of aromatic nitrogens is 5. The van der Waals surface area contributed by atoms with Crippen LogP contribution in [0.4, 0.5) is 4.79 Å². The summed E-state index contributed by atoms with van der Waals surface area (Å²) in [4.78, 5) is 20.3. The Morgan fingerprint density at radius 3 is 2.59 bits per heavy atom. The number of amides is 1. The predicted molar refractivity (Wildman–Crippen MR) is 129 cm³/mol. The number of rotatable bonds is 3. The Morgan fingerprint density at radius 1 is 1.06 bits per heavy atom. The van der Waals surface area contributed by atoms with Gasteiger partial charge < -0.3 is 4.74 Å². The number of pyridine rings is 1. The summed E-state index contributed by atoms with van der Waals surface area (Å²) >= 11 is 0. The van der Waals surface area contributed by atoms with Crippen LogP contribution in [0.3, 0.4) is 0 Å². The van der Waals surface area contributed by atoms with Crippen molar-refractivity contribution in [1.29, 1.82) is 0 Å². The van der Waals surface area contributed by atoms with Gasteiger partial charge in [0.25, 0.3) is 0 Å². The van der Waals surface area contributed by atoms with Gasteiger partial charge in [-0.3, -0.25) is 9.88 Å². The van der Waals surface area contributed by atoms with Crippen molar-refractivity contribution < 1.29 is 9.53 Å². The SMILES string of the molecule is CC(C)(C)OC(=O)N1CCC[C@H]1c1nc2c(c(-c3ccccc3)c1-c1nn[nH]n1)CCCCC2. The number of fused-ring (bicyclic) bond motifs is 1. The molecule has 1 aromatic carbocycles. The third-order valence-electron chi connectivity index (χ3n) is 6.58. The van der Waals surface area contributed by atoms with Crippen molar-refractivity contribution in [3.8, 4) is 22.5 Å². The summed E-state index contributed by atoms with van der Waals surface area (Å²) in [5.74, 6) is 0.518. The Hall–Kier alpha value is -3.29. The Bertz CT molecular complexity index is 1150. The first-order chi connectivity index (χ1) is 16.4. The summed E-state index contributed by atoms with van der Waals surface area (Å²) in [7, 11) is 0. The maximum absolute atomic E-state index is 13.2. The van der Waals surface area contributed by atoms with Gasteiger partial charge in [-0.25, -0.2) is 4.79 Å². The molecule has 0 radical (unpaired) electrons. The number of carbonyl (C=O) groups excluding carboxylic acids is 1. The molecule has 1 amide bonds. The first-order valence-corrected chi connectivity index (χ1v) is 12.3. The van der Waals surface area contributed by atoms with Crippen molar-refractivity contribution in [1.82, 2.24) is 30.5 Å². The van der Waals surface area contributed by atoms with Crippen LogP contribution in [0.5, 0.6) is 0 Å². The Morgan fingerprint density at radius 2 is 1.85 bits per heavy atom. The fourth-order valence-electron chi connectivity index (χ4n) is 5.19. The summed E-state index contributed by atoms with van der Waals surface area (Å²) < 4.78 is 5.76. The summed E-state index contributed by atoms with van der Waals surface area (Å²) in [5, 5.41) is 15.3. The van der Waals surface area contributed by atoms with E-state index in [1.54, 1.807) is 0 Å². The molecule has 0 bridgehead atoms. The molecule has 1 N–H and O–H groups in total. The van der Waals surface area contributed by atoms with Gasteiger partial charge in [-0.15, -0.1) is 10.2 Å². The third kappa shape index (κ3) is 4.41. The molecule has 0 saturated carbocycles. The van der Waals surface area contributed by atoms with Gasteiger partial charge in [0.2, 0.25) is 5.82 Å². The highest BCUT2D eigenvalue weighted by atomic mass is 16.6. The highest BCUT2D eigenvalue weighted by Gasteiger charge is 2.38. The zero-order chi connectivity index (χ0) is 23.7. The van der Waals surface area contributed by atoms with Crippen molar-refractivity contribution in [2.24, 2.45) is 0 Å². The first kappa shape index (κ1) is 22.5. The number of hydrogen-bond acceptors (Lipinski definition) is 6. The summed E-state index contributed by atoms with van der Waals surface area (Å²) in [6.07, 6.45) is 6.77. The monoisotopic (exact) mass is 460 g/mol. The van der Waals surface area contributed by atoms with Crippen molar-refractivity contribution in [3.63, 3.8) is 0 Å². The number of ether oxygens (including phenoxy) is 1. The van der Waals surface area contributed by atoms with E-state index in [0.29, 0.717) is 12.4 Å². The van der Waals surface area contributed by atoms with E-state index in [4.69, 9.17) is 9.72 Å². The molecule has 2 aromatic heterocycles. The van der Waals surface area contributed by atoms with Gasteiger partial charge in [-0.05, 0) is 81.2 Å². The molecular formula is C26H32N6O2. The van der Waals surface area contributed by atoms with Gasteiger partial charge in [0, 0.05) is 12.2 Å². The number of aryl methyl sites for hydroxylation is 1. The largest absolute Gasteiger partial charge is 0.444 e. The van der Waals surface area contributed by atoms with Crippen LogP contribution in [0, 0.1) is 0 Å². The lowest BCUT2D eigenvalue weighted by Gasteiger charge is -2.30. The lowest BCUT2D eigenvalue weighted by Crippen LogP contribution is -2.37. The number of aromatic amines is 1. The molecule has 34 heavy (non-hydrogen) atoms.